The van der Waals surface area contributed by atoms with E-state index in [4.69, 9.17) is 10.5 Å². The molecule has 0 bridgehead atoms. The molecule has 3 N–H and O–H groups in total. The van der Waals surface area contributed by atoms with Gasteiger partial charge in [-0.2, -0.15) is 0 Å². The van der Waals surface area contributed by atoms with Crippen molar-refractivity contribution in [2.24, 2.45) is 5.73 Å². The second kappa shape index (κ2) is 8.73. The molecule has 1 rings (SSSR count). The van der Waals surface area contributed by atoms with Crippen LogP contribution >= 0.6 is 0 Å². The first kappa shape index (κ1) is 13.7. The number of nitrogens with one attached hydrogen (secondary N) is 1. The predicted octanol–water partition coefficient (Wildman–Crippen LogP) is 0.711. The quantitative estimate of drug-likeness (QED) is 0.653. The molecule has 17 heavy (non-hydrogen) atoms. The number of nitrogens with two attached hydrogens (primary N) is 1. The summed E-state index contributed by atoms with van der Waals surface area (Å²) >= 11 is 0. The molecule has 0 heterocycles. The molecule has 4 nitrogen and oxygen atoms in total. The maximum atomic E-state index is 11.3. The van der Waals surface area contributed by atoms with E-state index in [1.165, 1.54) is 5.56 Å². The number of hydrogen-bond donors (Lipinski definition) is 2. The lowest BCUT2D eigenvalue weighted by Gasteiger charge is -2.05. The van der Waals surface area contributed by atoms with Gasteiger partial charge < -0.3 is 15.8 Å². The summed E-state index contributed by atoms with van der Waals surface area (Å²) in [7, 11) is 0. The summed E-state index contributed by atoms with van der Waals surface area (Å²) in [5.41, 5.74) is 6.54. The van der Waals surface area contributed by atoms with Crippen LogP contribution in [-0.4, -0.2) is 32.2 Å². The first-order chi connectivity index (χ1) is 8.33. The van der Waals surface area contributed by atoms with Crippen molar-refractivity contribution < 1.29 is 9.53 Å². The van der Waals surface area contributed by atoms with Crippen molar-refractivity contribution in [3.63, 3.8) is 0 Å². The van der Waals surface area contributed by atoms with Crippen molar-refractivity contribution in [3.05, 3.63) is 35.9 Å². The van der Waals surface area contributed by atoms with E-state index in [2.05, 4.69) is 5.32 Å². The molecule has 0 saturated carbocycles. The smallest absolute Gasteiger partial charge is 0.245 e. The summed E-state index contributed by atoms with van der Waals surface area (Å²) in [4.78, 5) is 11.3. The van der Waals surface area contributed by atoms with E-state index in [1.54, 1.807) is 0 Å². The van der Waals surface area contributed by atoms with Gasteiger partial charge in [-0.15, -0.1) is 0 Å². The molecule has 0 aliphatic heterocycles. The molecule has 0 radical (unpaired) electrons. The van der Waals surface area contributed by atoms with E-state index in [0.29, 0.717) is 19.7 Å². The lowest BCUT2D eigenvalue weighted by atomic mass is 10.2. The van der Waals surface area contributed by atoms with Crippen molar-refractivity contribution in [2.75, 3.05) is 26.3 Å². The highest BCUT2D eigenvalue weighted by atomic mass is 16.5. The normalized spacial score (nSPS) is 10.2. The molecule has 0 atom stereocenters. The van der Waals surface area contributed by atoms with Crippen LogP contribution in [0.2, 0.25) is 0 Å². The minimum Gasteiger partial charge on any atom is -0.371 e. The molecule has 0 unspecified atom stereocenters. The van der Waals surface area contributed by atoms with Gasteiger partial charge in [-0.05, 0) is 24.9 Å². The largest absolute Gasteiger partial charge is 0.371 e. The summed E-state index contributed by atoms with van der Waals surface area (Å²) in [5.74, 6) is -0.0773. The Labute approximate surface area is 102 Å². The van der Waals surface area contributed by atoms with Crippen LogP contribution in [0.5, 0.6) is 0 Å². The molecule has 0 saturated heterocycles. The Morgan fingerprint density at radius 3 is 2.76 bits per heavy atom. The maximum absolute atomic E-state index is 11.3. The Morgan fingerprint density at radius 2 is 2.06 bits per heavy atom. The minimum absolute atomic E-state index is 0.0773. The molecule has 4 heteroatoms. The van der Waals surface area contributed by atoms with Crippen LogP contribution in [0.4, 0.5) is 0 Å². The van der Waals surface area contributed by atoms with Crippen LogP contribution in [0.3, 0.4) is 0 Å². The van der Waals surface area contributed by atoms with E-state index >= 15 is 0 Å². The minimum atomic E-state index is -0.0773. The van der Waals surface area contributed by atoms with Gasteiger partial charge in [0.05, 0.1) is 6.61 Å². The fourth-order valence-electron chi connectivity index (χ4n) is 1.38. The lowest BCUT2D eigenvalue weighted by molar-refractivity contribution is -0.125. The molecular formula is C13H20N2O2. The number of ether oxygens (including phenoxy) is 1. The molecule has 0 aliphatic rings. The number of amides is 1. The first-order valence-corrected chi connectivity index (χ1v) is 5.91. The Morgan fingerprint density at radius 1 is 1.29 bits per heavy atom. The van der Waals surface area contributed by atoms with Gasteiger partial charge >= 0.3 is 0 Å². The highest BCUT2D eigenvalue weighted by molar-refractivity contribution is 5.77. The third-order valence-corrected chi connectivity index (χ3v) is 2.31. The van der Waals surface area contributed by atoms with Gasteiger partial charge in [-0.25, -0.2) is 0 Å². The average molecular weight is 236 g/mol. The highest BCUT2D eigenvalue weighted by Gasteiger charge is 2.00. The standard InChI is InChI=1S/C13H20N2O2/c14-8-4-9-15-13(16)11-17-10-7-12-5-2-1-3-6-12/h1-3,5-6H,4,7-11,14H2,(H,15,16). The summed E-state index contributed by atoms with van der Waals surface area (Å²) in [6, 6.07) is 10.1. The van der Waals surface area contributed by atoms with Crippen molar-refractivity contribution in [3.8, 4) is 0 Å². The molecule has 0 aromatic heterocycles. The molecule has 1 amide bonds. The number of benzene rings is 1. The third kappa shape index (κ3) is 6.71. The van der Waals surface area contributed by atoms with Gasteiger partial charge in [0.15, 0.2) is 0 Å². The fraction of sp³-hybridized carbons (Fsp3) is 0.462. The zero-order valence-electron chi connectivity index (χ0n) is 10.0. The first-order valence-electron chi connectivity index (χ1n) is 5.91. The topological polar surface area (TPSA) is 64.3 Å². The van der Waals surface area contributed by atoms with Gasteiger partial charge in [0, 0.05) is 6.54 Å². The van der Waals surface area contributed by atoms with Crippen molar-refractivity contribution in [1.82, 2.24) is 5.32 Å². The van der Waals surface area contributed by atoms with Gasteiger partial charge in [0.1, 0.15) is 6.61 Å². The summed E-state index contributed by atoms with van der Waals surface area (Å²) in [6.45, 7) is 1.90. The Balaban J connectivity index is 2.02. The Kier molecular flexibility index (Phi) is 7.02. The molecule has 1 aromatic rings. The van der Waals surface area contributed by atoms with E-state index in [0.717, 1.165) is 12.8 Å². The zero-order valence-corrected chi connectivity index (χ0v) is 10.0. The average Bonchev–Trinajstić information content (AvgIpc) is 2.36. The van der Waals surface area contributed by atoms with Crippen LogP contribution < -0.4 is 11.1 Å². The van der Waals surface area contributed by atoms with Crippen LogP contribution in [0.1, 0.15) is 12.0 Å². The third-order valence-electron chi connectivity index (χ3n) is 2.31. The van der Waals surface area contributed by atoms with E-state index in [-0.39, 0.29) is 12.5 Å². The molecule has 0 aliphatic carbocycles. The molecule has 1 aromatic carbocycles. The number of carbonyl (C=O) groups excluding carboxylic acids is 1. The van der Waals surface area contributed by atoms with Crippen LogP contribution in [-0.2, 0) is 16.0 Å². The van der Waals surface area contributed by atoms with Crippen LogP contribution in [0, 0.1) is 0 Å². The molecule has 0 spiro atoms. The summed E-state index contributed by atoms with van der Waals surface area (Å²) in [6.07, 6.45) is 1.63. The summed E-state index contributed by atoms with van der Waals surface area (Å²) < 4.78 is 5.29. The SMILES string of the molecule is NCCCNC(=O)COCCc1ccccc1. The Bertz CT molecular complexity index is 314. The van der Waals surface area contributed by atoms with Gasteiger partial charge in [0.2, 0.25) is 5.91 Å². The summed E-state index contributed by atoms with van der Waals surface area (Å²) in [5, 5.41) is 2.74. The van der Waals surface area contributed by atoms with E-state index in [1.807, 2.05) is 30.3 Å². The number of rotatable bonds is 8. The van der Waals surface area contributed by atoms with Crippen molar-refractivity contribution >= 4 is 5.91 Å². The second-order valence-corrected chi connectivity index (χ2v) is 3.78. The van der Waals surface area contributed by atoms with E-state index < -0.39 is 0 Å². The zero-order chi connectivity index (χ0) is 12.3. The highest BCUT2D eigenvalue weighted by Crippen LogP contribution is 1.99. The van der Waals surface area contributed by atoms with Gasteiger partial charge in [-0.1, -0.05) is 30.3 Å². The maximum Gasteiger partial charge on any atom is 0.245 e. The van der Waals surface area contributed by atoms with Crippen LogP contribution in [0.15, 0.2) is 30.3 Å². The lowest BCUT2D eigenvalue weighted by Crippen LogP contribution is -2.29. The molecular weight excluding hydrogens is 216 g/mol. The van der Waals surface area contributed by atoms with E-state index in [9.17, 15) is 4.79 Å². The molecule has 0 fully saturated rings. The van der Waals surface area contributed by atoms with Gasteiger partial charge in [0.25, 0.3) is 0 Å². The van der Waals surface area contributed by atoms with Crippen molar-refractivity contribution in [2.45, 2.75) is 12.8 Å². The predicted molar refractivity (Wildman–Crippen MR) is 67.6 cm³/mol. The van der Waals surface area contributed by atoms with Crippen LogP contribution in [0.25, 0.3) is 0 Å². The van der Waals surface area contributed by atoms with Gasteiger partial charge in [-0.3, -0.25) is 4.79 Å². The Hall–Kier alpha value is -1.39. The molecule has 94 valence electrons. The second-order valence-electron chi connectivity index (χ2n) is 3.78. The number of hydrogen-bond acceptors (Lipinski definition) is 3. The monoisotopic (exact) mass is 236 g/mol. The van der Waals surface area contributed by atoms with Crippen molar-refractivity contribution in [1.29, 1.82) is 0 Å². The fourth-order valence-corrected chi connectivity index (χ4v) is 1.38. The number of carbonyl (C=O) groups is 1.